The first-order valence-corrected chi connectivity index (χ1v) is 8.55. The molecule has 0 amide bonds. The molecule has 0 saturated carbocycles. The van der Waals surface area contributed by atoms with E-state index in [1.807, 2.05) is 36.4 Å². The second-order valence-corrected chi connectivity index (χ2v) is 6.65. The van der Waals surface area contributed by atoms with Gasteiger partial charge in [-0.05, 0) is 52.3 Å². The lowest BCUT2D eigenvalue weighted by molar-refractivity contribution is 0.572. The number of allylic oxidation sites excluding steroid dienone is 1. The summed E-state index contributed by atoms with van der Waals surface area (Å²) < 4.78 is 6.64. The summed E-state index contributed by atoms with van der Waals surface area (Å²) in [4.78, 5) is 0. The summed E-state index contributed by atoms with van der Waals surface area (Å²) >= 11 is 15.6. The van der Waals surface area contributed by atoms with Crippen molar-refractivity contribution in [3.05, 3.63) is 80.4 Å². The Labute approximate surface area is 158 Å². The third-order valence-electron chi connectivity index (χ3n) is 3.40. The highest BCUT2D eigenvalue weighted by atomic mass is 79.9. The summed E-state index contributed by atoms with van der Waals surface area (Å²) in [5.41, 5.74) is 1.97. The van der Waals surface area contributed by atoms with Crippen molar-refractivity contribution in [2.45, 2.75) is 0 Å². The average Bonchev–Trinajstić information content (AvgIpc) is 3.04. The Balaban J connectivity index is 1.97. The van der Waals surface area contributed by atoms with Crippen LogP contribution in [-0.4, -0.2) is 0 Å². The van der Waals surface area contributed by atoms with Gasteiger partial charge in [-0.3, -0.25) is 0 Å². The number of halogens is 3. The van der Waals surface area contributed by atoms with Gasteiger partial charge in [-0.15, -0.1) is 0 Å². The molecule has 2 aromatic carbocycles. The summed E-state index contributed by atoms with van der Waals surface area (Å²) in [5, 5.41) is 10.5. The molecule has 0 N–H and O–H groups in total. The molecule has 118 valence electrons. The predicted molar refractivity (Wildman–Crippen MR) is 102 cm³/mol. The van der Waals surface area contributed by atoms with Crippen LogP contribution >= 0.6 is 39.1 Å². The number of hydrogen-bond donors (Lipinski definition) is 0. The van der Waals surface area contributed by atoms with Gasteiger partial charge in [0.2, 0.25) is 0 Å². The summed E-state index contributed by atoms with van der Waals surface area (Å²) in [7, 11) is 0. The van der Waals surface area contributed by atoms with Crippen LogP contribution in [-0.2, 0) is 0 Å². The molecular weight excluding hydrogens is 409 g/mol. The Bertz CT molecular complexity index is 969. The monoisotopic (exact) mass is 417 g/mol. The molecule has 0 fully saturated rings. The molecule has 24 heavy (non-hydrogen) atoms. The SMILES string of the molecule is N#CC(=Cc1ccc(-c2ccc(Br)c(Cl)c2)o1)c1ccccc1Cl. The quantitative estimate of drug-likeness (QED) is 0.426. The molecule has 3 aromatic rings. The molecule has 0 unspecified atom stereocenters. The fourth-order valence-electron chi connectivity index (χ4n) is 2.23. The van der Waals surface area contributed by atoms with Gasteiger partial charge in [-0.1, -0.05) is 47.5 Å². The van der Waals surface area contributed by atoms with E-state index in [1.54, 1.807) is 24.3 Å². The van der Waals surface area contributed by atoms with Crippen LogP contribution < -0.4 is 0 Å². The number of furan rings is 1. The van der Waals surface area contributed by atoms with Gasteiger partial charge < -0.3 is 4.42 Å². The van der Waals surface area contributed by atoms with Gasteiger partial charge in [0.1, 0.15) is 11.5 Å². The van der Waals surface area contributed by atoms with Gasteiger partial charge in [0.25, 0.3) is 0 Å². The molecule has 0 bridgehead atoms. The summed E-state index contributed by atoms with van der Waals surface area (Å²) in [6, 6.07) is 18.6. The highest BCUT2D eigenvalue weighted by molar-refractivity contribution is 9.10. The molecule has 1 heterocycles. The molecule has 0 aliphatic carbocycles. The van der Waals surface area contributed by atoms with Crippen molar-refractivity contribution in [2.24, 2.45) is 0 Å². The minimum Gasteiger partial charge on any atom is -0.457 e. The van der Waals surface area contributed by atoms with Crippen molar-refractivity contribution < 1.29 is 4.42 Å². The first kappa shape index (κ1) is 16.9. The van der Waals surface area contributed by atoms with Crippen LogP contribution in [0.2, 0.25) is 10.0 Å². The van der Waals surface area contributed by atoms with Gasteiger partial charge >= 0.3 is 0 Å². The second-order valence-electron chi connectivity index (χ2n) is 4.98. The third kappa shape index (κ3) is 3.57. The van der Waals surface area contributed by atoms with Crippen molar-refractivity contribution in [3.8, 4) is 17.4 Å². The van der Waals surface area contributed by atoms with E-state index in [4.69, 9.17) is 27.6 Å². The van der Waals surface area contributed by atoms with E-state index in [9.17, 15) is 5.26 Å². The Morgan fingerprint density at radius 2 is 1.83 bits per heavy atom. The van der Waals surface area contributed by atoms with Gasteiger partial charge in [0, 0.05) is 20.6 Å². The smallest absolute Gasteiger partial charge is 0.134 e. The molecular formula is C19H10BrCl2NO. The van der Waals surface area contributed by atoms with Gasteiger partial charge in [0.05, 0.1) is 16.7 Å². The Morgan fingerprint density at radius 1 is 1.04 bits per heavy atom. The fraction of sp³-hybridized carbons (Fsp3) is 0. The van der Waals surface area contributed by atoms with Crippen LogP contribution in [0.5, 0.6) is 0 Å². The molecule has 3 rings (SSSR count). The van der Waals surface area contributed by atoms with E-state index in [-0.39, 0.29) is 0 Å². The zero-order valence-corrected chi connectivity index (χ0v) is 15.4. The van der Waals surface area contributed by atoms with Gasteiger partial charge in [0.15, 0.2) is 0 Å². The second kappa shape index (κ2) is 7.27. The van der Waals surface area contributed by atoms with Crippen LogP contribution in [0.1, 0.15) is 11.3 Å². The van der Waals surface area contributed by atoms with Gasteiger partial charge in [-0.25, -0.2) is 0 Å². The number of nitrogens with zero attached hydrogens (tertiary/aromatic N) is 1. The zero-order valence-electron chi connectivity index (χ0n) is 12.3. The van der Waals surface area contributed by atoms with Crippen LogP contribution in [0.4, 0.5) is 0 Å². The topological polar surface area (TPSA) is 36.9 Å². The molecule has 0 aliphatic rings. The lowest BCUT2D eigenvalue weighted by atomic mass is 10.1. The lowest BCUT2D eigenvalue weighted by Crippen LogP contribution is -1.82. The van der Waals surface area contributed by atoms with Crippen LogP contribution in [0.25, 0.3) is 23.0 Å². The van der Waals surface area contributed by atoms with Crippen molar-refractivity contribution in [3.63, 3.8) is 0 Å². The third-order valence-corrected chi connectivity index (χ3v) is 4.96. The van der Waals surface area contributed by atoms with Crippen molar-refractivity contribution in [1.82, 2.24) is 0 Å². The minimum absolute atomic E-state index is 0.440. The maximum absolute atomic E-state index is 9.41. The van der Waals surface area contributed by atoms with E-state index < -0.39 is 0 Å². The molecule has 0 saturated heterocycles. The standard InChI is InChI=1S/C19H10BrCl2NO/c20-16-7-5-12(10-18(16)22)19-8-6-14(24-19)9-13(11-23)15-3-1-2-4-17(15)21/h1-10H. The fourth-order valence-corrected chi connectivity index (χ4v) is 2.89. The average molecular weight is 419 g/mol. The van der Waals surface area contributed by atoms with E-state index >= 15 is 0 Å². The maximum atomic E-state index is 9.41. The summed E-state index contributed by atoms with van der Waals surface area (Å²) in [6.45, 7) is 0. The summed E-state index contributed by atoms with van der Waals surface area (Å²) in [6.07, 6.45) is 1.67. The predicted octanol–water partition coefficient (Wildman–Crippen LogP) is 7.08. The normalized spacial score (nSPS) is 11.3. The molecule has 0 atom stereocenters. The highest BCUT2D eigenvalue weighted by Gasteiger charge is 2.09. The van der Waals surface area contributed by atoms with Crippen molar-refractivity contribution in [1.29, 1.82) is 5.26 Å². The first-order valence-electron chi connectivity index (χ1n) is 7.00. The Hall–Kier alpha value is -1.99. The largest absolute Gasteiger partial charge is 0.457 e. The first-order chi connectivity index (χ1) is 11.6. The Kier molecular flexibility index (Phi) is 5.11. The summed E-state index contributed by atoms with van der Waals surface area (Å²) in [5.74, 6) is 1.24. The van der Waals surface area contributed by atoms with Crippen LogP contribution in [0, 0.1) is 11.3 Å². The number of benzene rings is 2. The number of nitriles is 1. The zero-order chi connectivity index (χ0) is 17.1. The van der Waals surface area contributed by atoms with Crippen LogP contribution in [0.3, 0.4) is 0 Å². The van der Waals surface area contributed by atoms with E-state index in [0.29, 0.717) is 32.7 Å². The maximum Gasteiger partial charge on any atom is 0.134 e. The molecule has 5 heteroatoms. The molecule has 0 spiro atoms. The molecule has 1 aromatic heterocycles. The molecule has 0 radical (unpaired) electrons. The number of hydrogen-bond acceptors (Lipinski definition) is 2. The van der Waals surface area contributed by atoms with E-state index in [2.05, 4.69) is 22.0 Å². The lowest BCUT2D eigenvalue weighted by Gasteiger charge is -2.01. The van der Waals surface area contributed by atoms with E-state index in [0.717, 1.165) is 10.0 Å². The number of rotatable bonds is 3. The molecule has 0 aliphatic heterocycles. The highest BCUT2D eigenvalue weighted by Crippen LogP contribution is 2.31. The molecule has 2 nitrogen and oxygen atoms in total. The van der Waals surface area contributed by atoms with Crippen LogP contribution in [0.15, 0.2) is 63.5 Å². The Morgan fingerprint density at radius 3 is 2.54 bits per heavy atom. The van der Waals surface area contributed by atoms with Crippen molar-refractivity contribution in [2.75, 3.05) is 0 Å². The van der Waals surface area contributed by atoms with Crippen molar-refractivity contribution >= 4 is 50.8 Å². The van der Waals surface area contributed by atoms with Gasteiger partial charge in [-0.2, -0.15) is 5.26 Å². The van der Waals surface area contributed by atoms with E-state index in [1.165, 1.54) is 0 Å². The minimum atomic E-state index is 0.440.